The number of unbranched alkanes of at least 4 members (excludes halogenated alkanes) is 35. The van der Waals surface area contributed by atoms with Crippen molar-refractivity contribution in [2.24, 2.45) is 0 Å². The first-order valence-electron chi connectivity index (χ1n) is 30.1. The minimum atomic E-state index is -0.797. The quantitative estimate of drug-likeness (QED) is 0.0244. The molecule has 69 heavy (non-hydrogen) atoms. The van der Waals surface area contributed by atoms with Gasteiger partial charge in [-0.1, -0.05) is 274 Å². The van der Waals surface area contributed by atoms with Crippen LogP contribution in [0.5, 0.6) is 0 Å². The SMILES string of the molecule is CCCCC/C=C/C=C/C=C/C=C/CCCCCCCC(=O)OC(CCCCCCC/C=C/CCCCCCCC)CC(=O)NC(CO)C(O)CCCCCCCCCCCCCCCCCCC. The Morgan fingerprint density at radius 2 is 0.754 bits per heavy atom. The van der Waals surface area contributed by atoms with E-state index in [0.717, 1.165) is 89.9 Å². The van der Waals surface area contributed by atoms with Gasteiger partial charge in [-0.05, 0) is 77.0 Å². The van der Waals surface area contributed by atoms with Gasteiger partial charge in [-0.15, -0.1) is 0 Å². The molecule has 6 nitrogen and oxygen atoms in total. The highest BCUT2D eigenvalue weighted by Crippen LogP contribution is 2.18. The molecule has 0 bridgehead atoms. The summed E-state index contributed by atoms with van der Waals surface area (Å²) in [5, 5.41) is 23.9. The van der Waals surface area contributed by atoms with Gasteiger partial charge in [0.2, 0.25) is 5.91 Å². The number of carbonyl (C=O) groups is 2. The number of allylic oxidation sites excluding steroid dienone is 10. The van der Waals surface area contributed by atoms with E-state index in [1.165, 1.54) is 167 Å². The zero-order valence-electron chi connectivity index (χ0n) is 45.9. The highest BCUT2D eigenvalue weighted by molar-refractivity contribution is 5.77. The van der Waals surface area contributed by atoms with E-state index in [-0.39, 0.29) is 24.9 Å². The van der Waals surface area contributed by atoms with Crippen LogP contribution in [0.25, 0.3) is 0 Å². The monoisotopic (exact) mass is 966 g/mol. The molecule has 0 radical (unpaired) electrons. The lowest BCUT2D eigenvalue weighted by atomic mass is 10.0. The molecule has 6 heteroatoms. The maximum Gasteiger partial charge on any atom is 0.306 e. The average molecular weight is 967 g/mol. The standard InChI is InChI=1S/C63H115NO5/c1-4-7-10-13-16-19-22-25-28-30-32-35-38-41-44-47-50-53-56-63(68)69-59(54-51-48-45-42-39-36-33-27-24-21-18-15-12-9-6-3)57-62(67)64-60(58-65)61(66)55-52-49-46-43-40-37-34-31-29-26-23-20-17-14-11-8-5-2/h16,19,22,25,27-28,30,32-33,35,59-61,65-66H,4-15,17-18,20-21,23-24,26,29,31,34,36-58H2,1-3H3,(H,64,67)/b19-16+,25-22+,30-28+,33-27+,35-32+. The summed E-state index contributed by atoms with van der Waals surface area (Å²) in [6.07, 6.45) is 71.4. The lowest BCUT2D eigenvalue weighted by Crippen LogP contribution is -2.46. The molecule has 0 rings (SSSR count). The third-order valence-corrected chi connectivity index (χ3v) is 13.7. The van der Waals surface area contributed by atoms with Gasteiger partial charge in [0, 0.05) is 6.42 Å². The van der Waals surface area contributed by atoms with Gasteiger partial charge in [0.25, 0.3) is 0 Å². The maximum atomic E-state index is 13.3. The predicted octanol–water partition coefficient (Wildman–Crippen LogP) is 18.7. The summed E-state index contributed by atoms with van der Waals surface area (Å²) < 4.78 is 5.96. The molecule has 0 aliphatic heterocycles. The third-order valence-electron chi connectivity index (χ3n) is 13.7. The Bertz CT molecular complexity index is 1220. The summed E-state index contributed by atoms with van der Waals surface area (Å²) in [4.78, 5) is 26.3. The first kappa shape index (κ1) is 66.6. The fourth-order valence-electron chi connectivity index (χ4n) is 9.09. The third kappa shape index (κ3) is 51.7. The molecule has 3 unspecified atom stereocenters. The molecule has 0 saturated heterocycles. The van der Waals surface area contributed by atoms with Crippen LogP contribution in [-0.4, -0.2) is 46.9 Å². The molecule has 3 atom stereocenters. The second-order valence-corrected chi connectivity index (χ2v) is 20.5. The Morgan fingerprint density at radius 3 is 1.19 bits per heavy atom. The molecular weight excluding hydrogens is 851 g/mol. The van der Waals surface area contributed by atoms with Gasteiger partial charge in [-0.3, -0.25) is 9.59 Å². The first-order valence-corrected chi connectivity index (χ1v) is 30.1. The van der Waals surface area contributed by atoms with E-state index in [9.17, 15) is 19.8 Å². The number of ether oxygens (including phenoxy) is 1. The molecule has 402 valence electrons. The Morgan fingerprint density at radius 1 is 0.420 bits per heavy atom. The van der Waals surface area contributed by atoms with Crippen LogP contribution in [0, 0.1) is 0 Å². The molecule has 3 N–H and O–H groups in total. The second kappa shape index (κ2) is 56.5. The van der Waals surface area contributed by atoms with E-state index >= 15 is 0 Å². The minimum Gasteiger partial charge on any atom is -0.462 e. The van der Waals surface area contributed by atoms with Gasteiger partial charge >= 0.3 is 5.97 Å². The van der Waals surface area contributed by atoms with Crippen molar-refractivity contribution in [2.75, 3.05) is 6.61 Å². The summed E-state index contributed by atoms with van der Waals surface area (Å²) in [6, 6.07) is -0.712. The van der Waals surface area contributed by atoms with E-state index in [1.807, 2.05) is 0 Å². The van der Waals surface area contributed by atoms with Crippen LogP contribution >= 0.6 is 0 Å². The number of amides is 1. The normalized spacial score (nSPS) is 13.5. The van der Waals surface area contributed by atoms with E-state index in [4.69, 9.17) is 4.74 Å². The molecule has 0 aliphatic rings. The fraction of sp³-hybridized carbons (Fsp3) is 0.810. The predicted molar refractivity (Wildman–Crippen MR) is 301 cm³/mol. The summed E-state index contributed by atoms with van der Waals surface area (Å²) in [6.45, 7) is 6.47. The molecular formula is C63H115NO5. The smallest absolute Gasteiger partial charge is 0.306 e. The Labute approximate surface area is 428 Å². The average Bonchev–Trinajstić information content (AvgIpc) is 3.34. The molecule has 0 aromatic carbocycles. The van der Waals surface area contributed by atoms with Crippen molar-refractivity contribution in [2.45, 2.75) is 322 Å². The van der Waals surface area contributed by atoms with Gasteiger partial charge < -0.3 is 20.3 Å². The number of carbonyl (C=O) groups excluding carboxylic acids is 2. The lowest BCUT2D eigenvalue weighted by Gasteiger charge is -2.24. The van der Waals surface area contributed by atoms with Crippen LogP contribution < -0.4 is 5.32 Å². The van der Waals surface area contributed by atoms with Gasteiger partial charge in [-0.25, -0.2) is 0 Å². The number of aliphatic hydroxyl groups excluding tert-OH is 2. The van der Waals surface area contributed by atoms with Crippen LogP contribution in [-0.2, 0) is 14.3 Å². The van der Waals surface area contributed by atoms with E-state index in [2.05, 4.69) is 86.8 Å². The number of hydrogen-bond donors (Lipinski definition) is 3. The molecule has 0 aliphatic carbocycles. The van der Waals surface area contributed by atoms with E-state index in [0.29, 0.717) is 19.3 Å². The molecule has 0 fully saturated rings. The zero-order valence-corrected chi connectivity index (χ0v) is 45.9. The van der Waals surface area contributed by atoms with Gasteiger partial charge in [0.15, 0.2) is 0 Å². The van der Waals surface area contributed by atoms with Gasteiger partial charge in [-0.2, -0.15) is 0 Å². The van der Waals surface area contributed by atoms with Crippen molar-refractivity contribution in [1.82, 2.24) is 5.32 Å². The topological polar surface area (TPSA) is 95.9 Å². The summed E-state index contributed by atoms with van der Waals surface area (Å²) in [7, 11) is 0. The van der Waals surface area contributed by atoms with Crippen molar-refractivity contribution in [3.63, 3.8) is 0 Å². The van der Waals surface area contributed by atoms with Crippen LogP contribution in [0.4, 0.5) is 0 Å². The van der Waals surface area contributed by atoms with Crippen molar-refractivity contribution in [3.05, 3.63) is 60.8 Å². The maximum absolute atomic E-state index is 13.3. The lowest BCUT2D eigenvalue weighted by molar-refractivity contribution is -0.151. The van der Waals surface area contributed by atoms with Crippen molar-refractivity contribution in [3.8, 4) is 0 Å². The summed E-state index contributed by atoms with van der Waals surface area (Å²) >= 11 is 0. The Hall–Kier alpha value is -2.44. The number of rotatable bonds is 54. The zero-order chi connectivity index (χ0) is 50.2. The summed E-state index contributed by atoms with van der Waals surface area (Å²) in [5.74, 6) is -0.499. The second-order valence-electron chi connectivity index (χ2n) is 20.5. The van der Waals surface area contributed by atoms with Crippen molar-refractivity contribution < 1.29 is 24.5 Å². The van der Waals surface area contributed by atoms with Crippen molar-refractivity contribution in [1.29, 1.82) is 0 Å². The number of hydrogen-bond acceptors (Lipinski definition) is 5. The van der Waals surface area contributed by atoms with Gasteiger partial charge in [0.1, 0.15) is 6.10 Å². The first-order chi connectivity index (χ1) is 34.0. The Kier molecular flexibility index (Phi) is 54.5. The molecule has 0 aromatic rings. The van der Waals surface area contributed by atoms with Crippen LogP contribution in [0.1, 0.15) is 303 Å². The highest BCUT2D eigenvalue weighted by Gasteiger charge is 2.24. The van der Waals surface area contributed by atoms with Crippen LogP contribution in [0.15, 0.2) is 60.8 Å². The molecule has 0 saturated carbocycles. The highest BCUT2D eigenvalue weighted by atomic mass is 16.5. The van der Waals surface area contributed by atoms with Crippen molar-refractivity contribution >= 4 is 11.9 Å². The summed E-state index contributed by atoms with van der Waals surface area (Å²) in [5.41, 5.74) is 0. The molecule has 1 amide bonds. The Balaban J connectivity index is 4.59. The molecule has 0 spiro atoms. The minimum absolute atomic E-state index is 0.0622. The number of esters is 1. The number of nitrogens with one attached hydrogen (secondary N) is 1. The number of aliphatic hydroxyl groups is 2. The van der Waals surface area contributed by atoms with Crippen LogP contribution in [0.2, 0.25) is 0 Å². The van der Waals surface area contributed by atoms with Gasteiger partial charge in [0.05, 0.1) is 25.2 Å². The fourth-order valence-corrected chi connectivity index (χ4v) is 9.09. The molecule has 0 aromatic heterocycles. The largest absolute Gasteiger partial charge is 0.462 e. The van der Waals surface area contributed by atoms with E-state index < -0.39 is 18.2 Å². The van der Waals surface area contributed by atoms with Crippen LogP contribution in [0.3, 0.4) is 0 Å². The molecule has 0 heterocycles. The van der Waals surface area contributed by atoms with E-state index in [1.54, 1.807) is 0 Å².